The lowest BCUT2D eigenvalue weighted by Gasteiger charge is -2.26. The summed E-state index contributed by atoms with van der Waals surface area (Å²) in [5.74, 6) is 7.90. The number of nitrogens with one attached hydrogen (secondary N) is 6. The lowest BCUT2D eigenvalue weighted by Crippen LogP contribution is -2.39. The summed E-state index contributed by atoms with van der Waals surface area (Å²) in [5, 5.41) is 37.5. The maximum atomic E-state index is 12.8. The Labute approximate surface area is 831 Å². The van der Waals surface area contributed by atoms with Crippen molar-refractivity contribution in [3.63, 3.8) is 0 Å². The first kappa shape index (κ1) is 103. The number of likely N-dealkylation sites (tertiary alicyclic amines) is 6. The molecule has 143 heavy (non-hydrogen) atoms. The van der Waals surface area contributed by atoms with Crippen LogP contribution in [-0.2, 0) is 19.2 Å². The molecule has 20 heterocycles. The highest BCUT2D eigenvalue weighted by molar-refractivity contribution is 5.99. The third-order valence-corrected chi connectivity index (χ3v) is 27.6. The molecule has 8 aromatic rings. The highest BCUT2D eigenvalue weighted by atomic mass is 16.5. The molecule has 12 aliphatic rings. The Hall–Kier alpha value is -14.6. The van der Waals surface area contributed by atoms with Crippen LogP contribution in [0.4, 0.5) is 34.9 Å². The third-order valence-electron chi connectivity index (χ3n) is 27.6. The highest BCUT2D eigenvalue weighted by Crippen LogP contribution is 2.38. The summed E-state index contributed by atoms with van der Waals surface area (Å²) < 4.78 is 34.0. The van der Waals surface area contributed by atoms with Crippen molar-refractivity contribution < 1.29 is 86.6 Å². The van der Waals surface area contributed by atoms with Crippen molar-refractivity contribution in [1.82, 2.24) is 88.9 Å². The number of pyridine rings is 8. The number of hydrogen-bond acceptors (Lipinski definition) is 32. The van der Waals surface area contributed by atoms with Crippen molar-refractivity contribution in [2.24, 2.45) is 5.41 Å². The second-order valence-corrected chi connectivity index (χ2v) is 38.4. The fraction of sp³-hybridized carbons (Fsp3) is 0.505. The summed E-state index contributed by atoms with van der Waals surface area (Å²) in [4.78, 5) is 174. The molecule has 8 N–H and O–H groups in total. The zero-order valence-corrected chi connectivity index (χ0v) is 82.9. The zero-order chi connectivity index (χ0) is 101. The van der Waals surface area contributed by atoms with Gasteiger partial charge in [0.2, 0.25) is 23.6 Å². The fourth-order valence-corrected chi connectivity index (χ4v) is 18.6. The number of carbonyl (C=O) groups is 10. The number of nitrogens with zero attached hydrogens (tertiary/aromatic N) is 18. The molecule has 0 bridgehead atoms. The molecule has 0 aliphatic carbocycles. The SMILES string of the molecule is CC(=O)N(C)[C@H]1CCN(C(=O)c2cnc3c(c2)OCC(C)(C)CN3)C1.CC(=O)N(C)[C@H]1CCN(C(=O)c2cnc3c(c2)OCCCN3)C1.CC(=O)N(C)[C@H]1CCN(C(=O)c2cnc3c(c2)OCCN3)C1.CC(=O)N(C)[C@H]1CCN(C(=O)c2cnc3c(c2)O[C@H](CO)CN3)C1.C[C@H]1COc2cc(C(=O)N3CCC(c4ccncc4)C3)cnc2N1.O=C(c1cnc2c(c1)O[C@H](CO)CN2)N1CCC(c2ccncc2)C1. The Morgan fingerprint density at radius 1 is 0.385 bits per heavy atom. The van der Waals surface area contributed by atoms with Crippen LogP contribution in [0.15, 0.2) is 123 Å². The van der Waals surface area contributed by atoms with Crippen LogP contribution in [-0.4, -0.2) is 380 Å². The first-order valence-corrected chi connectivity index (χ1v) is 48.8. The van der Waals surface area contributed by atoms with Crippen LogP contribution in [0.25, 0.3) is 0 Å². The van der Waals surface area contributed by atoms with Gasteiger partial charge in [-0.3, -0.25) is 57.9 Å². The van der Waals surface area contributed by atoms with Gasteiger partial charge in [-0.05, 0) is 124 Å². The Morgan fingerprint density at radius 3 is 1.06 bits per heavy atom. The molecule has 20 rings (SSSR count). The van der Waals surface area contributed by atoms with E-state index in [4.69, 9.17) is 28.4 Å². The van der Waals surface area contributed by atoms with Gasteiger partial charge in [0.05, 0.1) is 110 Å². The predicted octanol–water partition coefficient (Wildman–Crippen LogP) is 6.66. The maximum absolute atomic E-state index is 12.8. The van der Waals surface area contributed by atoms with Crippen molar-refractivity contribution in [3.8, 4) is 34.5 Å². The number of aliphatic hydroxyl groups excluding tert-OH is 2. The number of aromatic nitrogens is 8. The third kappa shape index (κ3) is 25.7. The summed E-state index contributed by atoms with van der Waals surface area (Å²) in [6.45, 7) is 25.6. The Balaban J connectivity index is 0.000000129. The lowest BCUT2D eigenvalue weighted by atomic mass is 9.95. The molecule has 8 aromatic heterocycles. The van der Waals surface area contributed by atoms with Gasteiger partial charge >= 0.3 is 0 Å². The van der Waals surface area contributed by atoms with Crippen LogP contribution in [0.1, 0.15) is 179 Å². The molecule has 0 spiro atoms. The predicted molar refractivity (Wildman–Crippen MR) is 530 cm³/mol. The minimum atomic E-state index is -0.343. The number of anilines is 6. The molecule has 42 heteroatoms. The number of ether oxygens (including phenoxy) is 6. The van der Waals surface area contributed by atoms with Gasteiger partial charge in [-0.2, -0.15) is 0 Å². The van der Waals surface area contributed by atoms with Crippen LogP contribution >= 0.6 is 0 Å². The summed E-state index contributed by atoms with van der Waals surface area (Å²) in [7, 11) is 7.10. The lowest BCUT2D eigenvalue weighted by molar-refractivity contribution is -0.130. The number of aliphatic hydroxyl groups is 2. The van der Waals surface area contributed by atoms with Gasteiger partial charge in [0.15, 0.2) is 69.4 Å². The number of amides is 10. The van der Waals surface area contributed by atoms with Crippen molar-refractivity contribution in [1.29, 1.82) is 0 Å². The van der Waals surface area contributed by atoms with E-state index in [1.54, 1.807) is 180 Å². The van der Waals surface area contributed by atoms with E-state index in [1.165, 1.54) is 24.2 Å². The van der Waals surface area contributed by atoms with Gasteiger partial charge in [-0.25, -0.2) is 29.9 Å². The van der Waals surface area contributed by atoms with Crippen molar-refractivity contribution in [2.75, 3.05) is 211 Å². The highest BCUT2D eigenvalue weighted by Gasteiger charge is 2.39. The smallest absolute Gasteiger partial charge is 0.255 e. The summed E-state index contributed by atoms with van der Waals surface area (Å²) >= 11 is 0. The number of fused-ring (bicyclic) bond motifs is 6. The van der Waals surface area contributed by atoms with Crippen LogP contribution in [0.5, 0.6) is 34.5 Å². The Morgan fingerprint density at radius 2 is 0.692 bits per heavy atom. The van der Waals surface area contributed by atoms with Gasteiger partial charge < -0.3 is 120 Å². The monoisotopic (exact) mass is 1970 g/mol. The number of likely N-dealkylation sites (N-methyl/N-ethyl adjacent to an activating group) is 4. The minimum absolute atomic E-state index is 0.000680. The molecule has 10 amide bonds. The molecule has 9 atom stereocenters. The largest absolute Gasteiger partial charge is 0.490 e. The Bertz CT molecular complexity index is 5890. The average molecular weight is 1970 g/mol. The molecule has 6 fully saturated rings. The fourth-order valence-electron chi connectivity index (χ4n) is 18.6. The Kier molecular flexibility index (Phi) is 33.7. The molecule has 42 nitrogen and oxygen atoms in total. The molecule has 12 aliphatic heterocycles. The topological polar surface area (TPSA) is 474 Å². The average Bonchev–Trinajstić information content (AvgIpc) is 1.78. The van der Waals surface area contributed by atoms with E-state index in [1.807, 2.05) is 41.0 Å². The van der Waals surface area contributed by atoms with Crippen molar-refractivity contribution in [2.45, 2.75) is 148 Å². The first-order valence-electron chi connectivity index (χ1n) is 48.8. The van der Waals surface area contributed by atoms with E-state index in [2.05, 4.69) is 85.6 Å². The van der Waals surface area contributed by atoms with Crippen LogP contribution in [0.3, 0.4) is 0 Å². The second-order valence-electron chi connectivity index (χ2n) is 38.4. The summed E-state index contributed by atoms with van der Waals surface area (Å²) in [6.07, 6.45) is 22.0. The van der Waals surface area contributed by atoms with Crippen molar-refractivity contribution >= 4 is 94.0 Å². The zero-order valence-electron chi connectivity index (χ0n) is 82.9. The number of carbonyl (C=O) groups excluding carboxylic acids is 10. The van der Waals surface area contributed by atoms with E-state index >= 15 is 0 Å². The molecule has 0 aromatic carbocycles. The molecule has 0 radical (unpaired) electrons. The summed E-state index contributed by atoms with van der Waals surface area (Å²) in [6, 6.07) is 19.0. The van der Waals surface area contributed by atoms with E-state index < -0.39 is 0 Å². The van der Waals surface area contributed by atoms with Gasteiger partial charge in [0.1, 0.15) is 25.4 Å². The quantitative estimate of drug-likeness (QED) is 0.0564. The van der Waals surface area contributed by atoms with Gasteiger partial charge in [-0.1, -0.05) is 13.8 Å². The van der Waals surface area contributed by atoms with Crippen LogP contribution in [0.2, 0.25) is 0 Å². The van der Waals surface area contributed by atoms with E-state index in [0.29, 0.717) is 213 Å². The first-order chi connectivity index (χ1) is 68.8. The summed E-state index contributed by atoms with van der Waals surface area (Å²) in [5.41, 5.74) is 5.57. The van der Waals surface area contributed by atoms with Gasteiger partial charge in [0, 0.05) is 227 Å². The molecule has 6 saturated heterocycles. The van der Waals surface area contributed by atoms with Crippen molar-refractivity contribution in [3.05, 3.63) is 167 Å². The van der Waals surface area contributed by atoms with E-state index in [-0.39, 0.29) is 120 Å². The maximum Gasteiger partial charge on any atom is 0.255 e. The standard InChI is InChI=1S/C18H20N4O3.C18H26N4O3.C18H20N4O2.C16H22N4O4.C16H22N4O3.C15H20N4O3/c23-11-15-9-21-17-16(25-15)7-14(8-20-17)18(24)22-6-3-13(10-22)12-1-4-19-5-2-12;1-12(23)21(4)14-5-6-22(9-14)17(24)13-7-15-16(19-8-13)20-10-18(2,3)11-25-15;1-12-11-24-16-8-15(9-20-17(16)21-12)18(23)22-7-4-14(10-22)13-2-5-19-6-3-13;1-10(22)19(2)12-3-4-20(8-12)16(23)11-5-14-15(17-6-11)18-7-13(9-21)24-14;1-11(21)19(2)13-4-6-20(10-13)16(22)12-8-14-15(18-9-12)17-5-3-7-23-14;1-10(20)18(2)12-3-5-19(9-12)15(21)11-7-13-14(17-8-11)16-4-6-22-13/h1-2,4-5,7-8,13,15,23H,3,6,9-11H2,(H,20,21);7-8,14H,5-6,9-11H2,1-4H3,(H,19,20);2-3,5-6,8-9,12,14H,4,7,10-11H2,1H3,(H,20,21);5-6,12-13,21H,3-4,7-9H2,1-2H3,(H,17,18);8-9,13H,3-7,10H2,1-2H3,(H,17,18);7-8,12H,3-6,9H2,1-2H3,(H,16,17)/t13?,15-;14-;12-,14?;12-,13-;13-;12-/m000000/s1. The second kappa shape index (κ2) is 46.9. The number of rotatable bonds is 14. The van der Waals surface area contributed by atoms with Crippen LogP contribution in [0, 0.1) is 5.41 Å². The van der Waals surface area contributed by atoms with Gasteiger partial charge in [0.25, 0.3) is 35.4 Å². The molecule has 762 valence electrons. The van der Waals surface area contributed by atoms with E-state index in [0.717, 1.165) is 84.2 Å². The number of hydrogen-bond donors (Lipinski definition) is 8. The van der Waals surface area contributed by atoms with Crippen LogP contribution < -0.4 is 60.3 Å². The molecule has 0 saturated carbocycles. The normalized spacial score (nSPS) is 21.4. The molecule has 2 unspecified atom stereocenters. The molecular weight excluding hydrogens is 1840 g/mol. The van der Waals surface area contributed by atoms with E-state index in [9.17, 15) is 58.2 Å². The molecular formula is C101H130N24O18. The van der Waals surface area contributed by atoms with Gasteiger partial charge in [-0.15, -0.1) is 0 Å². The minimum Gasteiger partial charge on any atom is -0.490 e.